The number of hydrogen-bond donors (Lipinski definition) is 1. The second kappa shape index (κ2) is 7.61. The molecule has 0 aromatic heterocycles. The van der Waals surface area contributed by atoms with Gasteiger partial charge in [-0.1, -0.05) is 30.3 Å². The third-order valence-electron chi connectivity index (χ3n) is 2.72. The van der Waals surface area contributed by atoms with Crippen LogP contribution in [0.2, 0.25) is 0 Å². The van der Waals surface area contributed by atoms with Crippen LogP contribution in [0.25, 0.3) is 0 Å². The second-order valence-electron chi connectivity index (χ2n) is 4.14. The van der Waals surface area contributed by atoms with Gasteiger partial charge in [-0.25, -0.2) is 0 Å². The minimum absolute atomic E-state index is 0.0355. The summed E-state index contributed by atoms with van der Waals surface area (Å²) in [5, 5.41) is 2.87. The molecule has 4 heteroatoms. The first-order valence-electron chi connectivity index (χ1n) is 6.00. The summed E-state index contributed by atoms with van der Waals surface area (Å²) < 4.78 is 5.12. The van der Waals surface area contributed by atoms with E-state index in [1.807, 2.05) is 30.3 Å². The lowest BCUT2D eigenvalue weighted by Crippen LogP contribution is -2.32. The number of esters is 1. The number of carbonyl (C=O) groups is 2. The van der Waals surface area contributed by atoms with Gasteiger partial charge in [-0.3, -0.25) is 9.59 Å². The van der Waals surface area contributed by atoms with Crippen LogP contribution in [0.3, 0.4) is 0 Å². The number of rotatable bonds is 7. The Hall–Kier alpha value is -1.68. The Labute approximate surface area is 107 Å². The normalized spacial score (nSPS) is 11.9. The SMILES string of the molecule is CNC(CCC(=O)OCc1ccccc1)C(C)=O. The molecule has 98 valence electrons. The van der Waals surface area contributed by atoms with Crippen molar-refractivity contribution in [2.45, 2.75) is 32.4 Å². The molecule has 0 spiro atoms. The average molecular weight is 249 g/mol. The Morgan fingerprint density at radius 1 is 1.28 bits per heavy atom. The summed E-state index contributed by atoms with van der Waals surface area (Å²) >= 11 is 0. The number of ether oxygens (including phenoxy) is 1. The summed E-state index contributed by atoms with van der Waals surface area (Å²) in [6.45, 7) is 1.79. The van der Waals surface area contributed by atoms with Gasteiger partial charge >= 0.3 is 5.97 Å². The Bertz CT molecular complexity index is 389. The summed E-state index contributed by atoms with van der Waals surface area (Å²) in [5.41, 5.74) is 0.961. The summed E-state index contributed by atoms with van der Waals surface area (Å²) in [6, 6.07) is 9.24. The van der Waals surface area contributed by atoms with Gasteiger partial charge in [0.05, 0.1) is 6.04 Å². The first-order chi connectivity index (χ1) is 8.63. The molecule has 0 saturated heterocycles. The molecule has 0 radical (unpaired) electrons. The van der Waals surface area contributed by atoms with Crippen molar-refractivity contribution < 1.29 is 14.3 Å². The molecule has 0 aliphatic rings. The minimum Gasteiger partial charge on any atom is -0.461 e. The van der Waals surface area contributed by atoms with Crippen LogP contribution in [0.15, 0.2) is 30.3 Å². The van der Waals surface area contributed by atoms with Crippen LogP contribution in [0.1, 0.15) is 25.3 Å². The zero-order valence-corrected chi connectivity index (χ0v) is 10.8. The van der Waals surface area contributed by atoms with Crippen molar-refractivity contribution in [3.8, 4) is 0 Å². The molecule has 0 aliphatic heterocycles. The van der Waals surface area contributed by atoms with E-state index in [0.717, 1.165) is 5.56 Å². The molecule has 0 saturated carbocycles. The number of hydrogen-bond acceptors (Lipinski definition) is 4. The molecule has 1 unspecified atom stereocenters. The standard InChI is InChI=1S/C14H19NO3/c1-11(16)13(15-2)8-9-14(17)18-10-12-6-4-3-5-7-12/h3-7,13,15H,8-10H2,1-2H3. The van der Waals surface area contributed by atoms with Crippen molar-refractivity contribution in [1.29, 1.82) is 0 Å². The molecule has 0 heterocycles. The lowest BCUT2D eigenvalue weighted by Gasteiger charge is -2.11. The lowest BCUT2D eigenvalue weighted by molar-refractivity contribution is -0.145. The molecular formula is C14H19NO3. The first-order valence-corrected chi connectivity index (χ1v) is 6.00. The van der Waals surface area contributed by atoms with Gasteiger partial charge in [0.2, 0.25) is 0 Å². The van der Waals surface area contributed by atoms with Crippen LogP contribution in [-0.4, -0.2) is 24.8 Å². The van der Waals surface area contributed by atoms with Crippen LogP contribution < -0.4 is 5.32 Å². The van der Waals surface area contributed by atoms with E-state index in [4.69, 9.17) is 4.74 Å². The molecule has 0 aliphatic carbocycles. The maximum absolute atomic E-state index is 11.5. The fourth-order valence-corrected chi connectivity index (χ4v) is 1.62. The fourth-order valence-electron chi connectivity index (χ4n) is 1.62. The van der Waals surface area contributed by atoms with Crippen LogP contribution >= 0.6 is 0 Å². The van der Waals surface area contributed by atoms with Gasteiger partial charge in [-0.2, -0.15) is 0 Å². The van der Waals surface area contributed by atoms with Gasteiger partial charge < -0.3 is 10.1 Å². The van der Waals surface area contributed by atoms with Crippen molar-refractivity contribution in [2.75, 3.05) is 7.05 Å². The van der Waals surface area contributed by atoms with Gasteiger partial charge in [0.1, 0.15) is 12.4 Å². The van der Waals surface area contributed by atoms with Gasteiger partial charge in [-0.15, -0.1) is 0 Å². The van der Waals surface area contributed by atoms with E-state index < -0.39 is 0 Å². The lowest BCUT2D eigenvalue weighted by atomic mass is 10.1. The van der Waals surface area contributed by atoms with E-state index >= 15 is 0 Å². The van der Waals surface area contributed by atoms with E-state index in [1.54, 1.807) is 7.05 Å². The summed E-state index contributed by atoms with van der Waals surface area (Å²) in [7, 11) is 1.71. The number of ketones is 1. The smallest absolute Gasteiger partial charge is 0.306 e. The molecule has 1 aromatic rings. The van der Waals surface area contributed by atoms with E-state index in [2.05, 4.69) is 5.32 Å². The highest BCUT2D eigenvalue weighted by atomic mass is 16.5. The highest BCUT2D eigenvalue weighted by Crippen LogP contribution is 2.04. The highest BCUT2D eigenvalue weighted by molar-refractivity contribution is 5.82. The average Bonchev–Trinajstić information content (AvgIpc) is 2.38. The van der Waals surface area contributed by atoms with Crippen LogP contribution in [-0.2, 0) is 20.9 Å². The van der Waals surface area contributed by atoms with E-state index in [-0.39, 0.29) is 30.8 Å². The summed E-state index contributed by atoms with van der Waals surface area (Å²) in [6.07, 6.45) is 0.720. The minimum atomic E-state index is -0.277. The fraction of sp³-hybridized carbons (Fsp3) is 0.429. The molecule has 1 N–H and O–H groups in total. The number of likely N-dealkylation sites (N-methyl/N-ethyl adjacent to an activating group) is 1. The maximum atomic E-state index is 11.5. The Morgan fingerprint density at radius 2 is 1.94 bits per heavy atom. The van der Waals surface area contributed by atoms with Crippen molar-refractivity contribution in [3.05, 3.63) is 35.9 Å². The molecule has 18 heavy (non-hydrogen) atoms. The van der Waals surface area contributed by atoms with Crippen molar-refractivity contribution in [3.63, 3.8) is 0 Å². The molecular weight excluding hydrogens is 230 g/mol. The first kappa shape index (κ1) is 14.4. The largest absolute Gasteiger partial charge is 0.461 e. The number of Topliss-reactive ketones (excluding diaryl/α,β-unsaturated/α-hetero) is 1. The van der Waals surface area contributed by atoms with Crippen molar-refractivity contribution in [2.24, 2.45) is 0 Å². The van der Waals surface area contributed by atoms with Gasteiger partial charge in [0.15, 0.2) is 0 Å². The molecule has 0 fully saturated rings. The zero-order valence-electron chi connectivity index (χ0n) is 10.8. The van der Waals surface area contributed by atoms with Gasteiger partial charge in [0, 0.05) is 6.42 Å². The highest BCUT2D eigenvalue weighted by Gasteiger charge is 2.14. The van der Waals surface area contributed by atoms with Crippen LogP contribution in [0, 0.1) is 0 Å². The number of benzene rings is 1. The van der Waals surface area contributed by atoms with Crippen LogP contribution in [0.4, 0.5) is 0 Å². The predicted molar refractivity (Wildman–Crippen MR) is 69.0 cm³/mol. The quantitative estimate of drug-likeness (QED) is 0.747. The zero-order chi connectivity index (χ0) is 13.4. The summed E-state index contributed by atoms with van der Waals surface area (Å²) in [5.74, 6) is -0.242. The van der Waals surface area contributed by atoms with E-state index in [1.165, 1.54) is 6.92 Å². The van der Waals surface area contributed by atoms with Crippen molar-refractivity contribution in [1.82, 2.24) is 5.32 Å². The Balaban J connectivity index is 2.28. The molecule has 4 nitrogen and oxygen atoms in total. The maximum Gasteiger partial charge on any atom is 0.306 e. The molecule has 1 rings (SSSR count). The van der Waals surface area contributed by atoms with Crippen LogP contribution in [0.5, 0.6) is 0 Å². The monoisotopic (exact) mass is 249 g/mol. The van der Waals surface area contributed by atoms with E-state index in [9.17, 15) is 9.59 Å². The third-order valence-corrected chi connectivity index (χ3v) is 2.72. The second-order valence-corrected chi connectivity index (χ2v) is 4.14. The van der Waals surface area contributed by atoms with Crippen molar-refractivity contribution >= 4 is 11.8 Å². The number of carbonyl (C=O) groups excluding carboxylic acids is 2. The molecule has 0 amide bonds. The Kier molecular flexibility index (Phi) is 6.08. The molecule has 0 bridgehead atoms. The molecule has 1 atom stereocenters. The molecule has 1 aromatic carbocycles. The Morgan fingerprint density at radius 3 is 2.50 bits per heavy atom. The van der Waals surface area contributed by atoms with Gasteiger partial charge in [-0.05, 0) is 26.0 Å². The van der Waals surface area contributed by atoms with E-state index in [0.29, 0.717) is 6.42 Å². The third kappa shape index (κ3) is 5.10. The van der Waals surface area contributed by atoms with Gasteiger partial charge in [0.25, 0.3) is 0 Å². The number of nitrogens with one attached hydrogen (secondary N) is 1. The predicted octanol–water partition coefficient (Wildman–Crippen LogP) is 1.69. The summed E-state index contributed by atoms with van der Waals surface area (Å²) in [4.78, 5) is 22.7. The topological polar surface area (TPSA) is 55.4 Å².